The van der Waals surface area contributed by atoms with Crippen LogP contribution in [0, 0.1) is 6.92 Å². The molecule has 0 saturated heterocycles. The zero-order valence-electron chi connectivity index (χ0n) is 17.1. The second kappa shape index (κ2) is 5.92. The maximum atomic E-state index is 12.6. The van der Waals surface area contributed by atoms with E-state index in [2.05, 4.69) is 51.7 Å². The number of aryl methyl sites for hydroxylation is 1. The molecule has 2 aromatic rings. The van der Waals surface area contributed by atoms with Gasteiger partial charge in [-0.15, -0.1) is 0 Å². The number of nitrogens with zero attached hydrogens (tertiary/aromatic N) is 1. The third kappa shape index (κ3) is 3.07. The summed E-state index contributed by atoms with van der Waals surface area (Å²) in [5.74, 6) is -0.280. The van der Waals surface area contributed by atoms with Crippen molar-refractivity contribution in [2.45, 2.75) is 76.7 Å². The minimum absolute atomic E-state index is 0.150. The van der Waals surface area contributed by atoms with Crippen LogP contribution in [0.5, 0.6) is 0 Å². The highest BCUT2D eigenvalue weighted by molar-refractivity contribution is 5.89. The highest BCUT2D eigenvalue weighted by Gasteiger charge is 2.51. The molecule has 4 rings (SSSR count). The van der Waals surface area contributed by atoms with Crippen molar-refractivity contribution in [2.24, 2.45) is 0 Å². The molecule has 27 heavy (non-hydrogen) atoms. The highest BCUT2D eigenvalue weighted by Crippen LogP contribution is 2.54. The van der Waals surface area contributed by atoms with Crippen LogP contribution in [0.25, 0.3) is 0 Å². The van der Waals surface area contributed by atoms with Gasteiger partial charge in [0.1, 0.15) is 5.60 Å². The van der Waals surface area contributed by atoms with Gasteiger partial charge in [0.2, 0.25) is 0 Å². The molecule has 0 atom stereocenters. The summed E-state index contributed by atoms with van der Waals surface area (Å²) in [4.78, 5) is 16.7. The molecule has 0 radical (unpaired) electrons. The fraction of sp³-hybridized carbons (Fsp3) is 0.500. The molecule has 1 saturated carbocycles. The Balaban J connectivity index is 1.73. The second-order valence-electron chi connectivity index (χ2n) is 9.61. The molecule has 2 aliphatic carbocycles. The predicted octanol–water partition coefficient (Wildman–Crippen LogP) is 5.59. The standard InChI is InChI=1S/C24H29NO2/c1-16-13-19-20(23(4,5)9-8-22(19,2)3)14-18(16)24(10-11-24)27-21(26)17-7-6-12-25-15-17/h6-7,12-15H,8-11H2,1-5H3. The fourth-order valence-corrected chi connectivity index (χ4v) is 4.47. The van der Waals surface area contributed by atoms with E-state index in [-0.39, 0.29) is 16.8 Å². The monoisotopic (exact) mass is 363 g/mol. The van der Waals surface area contributed by atoms with Gasteiger partial charge < -0.3 is 4.74 Å². The molecule has 2 aliphatic rings. The molecule has 1 heterocycles. The summed E-state index contributed by atoms with van der Waals surface area (Å²) in [7, 11) is 0. The number of pyridine rings is 1. The Morgan fingerprint density at radius 3 is 2.15 bits per heavy atom. The van der Waals surface area contributed by atoms with E-state index in [9.17, 15) is 4.79 Å². The van der Waals surface area contributed by atoms with Crippen molar-refractivity contribution in [3.05, 3.63) is 64.5 Å². The number of carbonyl (C=O) groups is 1. The van der Waals surface area contributed by atoms with Crippen LogP contribution in [0.1, 0.15) is 86.0 Å². The Morgan fingerprint density at radius 2 is 1.59 bits per heavy atom. The Kier molecular flexibility index (Phi) is 3.99. The van der Waals surface area contributed by atoms with E-state index < -0.39 is 5.60 Å². The van der Waals surface area contributed by atoms with E-state index in [4.69, 9.17) is 4.74 Å². The number of carbonyl (C=O) groups excluding carboxylic acids is 1. The summed E-state index contributed by atoms with van der Waals surface area (Å²) in [5, 5.41) is 0. The molecule has 1 fully saturated rings. The summed E-state index contributed by atoms with van der Waals surface area (Å²) >= 11 is 0. The molecule has 0 unspecified atom stereocenters. The van der Waals surface area contributed by atoms with Crippen molar-refractivity contribution in [1.82, 2.24) is 4.98 Å². The van der Waals surface area contributed by atoms with E-state index in [0.29, 0.717) is 5.56 Å². The van der Waals surface area contributed by atoms with Crippen LogP contribution in [0.4, 0.5) is 0 Å². The van der Waals surface area contributed by atoms with E-state index in [0.717, 1.165) is 12.8 Å². The summed E-state index contributed by atoms with van der Waals surface area (Å²) in [6.07, 6.45) is 7.40. The molecule has 142 valence electrons. The molecule has 1 aromatic heterocycles. The van der Waals surface area contributed by atoms with Crippen LogP contribution in [0.2, 0.25) is 0 Å². The number of hydrogen-bond donors (Lipinski definition) is 0. The van der Waals surface area contributed by atoms with Gasteiger partial charge in [-0.05, 0) is 77.8 Å². The Bertz CT molecular complexity index is 892. The van der Waals surface area contributed by atoms with Gasteiger partial charge in [0.05, 0.1) is 5.56 Å². The number of hydrogen-bond acceptors (Lipinski definition) is 3. The molecule has 0 amide bonds. The Morgan fingerprint density at radius 1 is 0.963 bits per heavy atom. The zero-order chi connectivity index (χ0) is 19.4. The van der Waals surface area contributed by atoms with Crippen LogP contribution < -0.4 is 0 Å². The number of benzene rings is 1. The number of esters is 1. The van der Waals surface area contributed by atoms with Gasteiger partial charge in [0.25, 0.3) is 0 Å². The molecule has 3 nitrogen and oxygen atoms in total. The zero-order valence-corrected chi connectivity index (χ0v) is 17.1. The van der Waals surface area contributed by atoms with Gasteiger partial charge in [0.15, 0.2) is 0 Å². The lowest BCUT2D eigenvalue weighted by Gasteiger charge is -2.42. The molecule has 1 aromatic carbocycles. The average molecular weight is 364 g/mol. The topological polar surface area (TPSA) is 39.2 Å². The molecule has 0 N–H and O–H groups in total. The minimum Gasteiger partial charge on any atom is -0.451 e. The number of aromatic nitrogens is 1. The molecule has 0 bridgehead atoms. The van der Waals surface area contributed by atoms with E-state index >= 15 is 0 Å². The van der Waals surface area contributed by atoms with E-state index in [1.165, 1.54) is 35.1 Å². The number of ether oxygens (including phenoxy) is 1. The van der Waals surface area contributed by atoms with Crippen molar-refractivity contribution >= 4 is 5.97 Å². The maximum Gasteiger partial charge on any atom is 0.340 e. The molecule has 3 heteroatoms. The lowest BCUT2D eigenvalue weighted by molar-refractivity contribution is 0.0212. The molecule has 0 aliphatic heterocycles. The Hall–Kier alpha value is -2.16. The van der Waals surface area contributed by atoms with Crippen molar-refractivity contribution in [3.8, 4) is 0 Å². The van der Waals surface area contributed by atoms with Gasteiger partial charge in [-0.3, -0.25) is 4.98 Å². The van der Waals surface area contributed by atoms with Crippen LogP contribution in [-0.4, -0.2) is 11.0 Å². The first kappa shape index (κ1) is 18.2. The first-order valence-electron chi connectivity index (χ1n) is 9.94. The quantitative estimate of drug-likeness (QED) is 0.668. The number of fused-ring (bicyclic) bond motifs is 1. The summed E-state index contributed by atoms with van der Waals surface area (Å²) in [6, 6.07) is 8.22. The van der Waals surface area contributed by atoms with Crippen LogP contribution in [-0.2, 0) is 21.2 Å². The molecular formula is C24H29NO2. The van der Waals surface area contributed by atoms with Gasteiger partial charge >= 0.3 is 5.97 Å². The second-order valence-corrected chi connectivity index (χ2v) is 9.61. The lowest BCUT2D eigenvalue weighted by Crippen LogP contribution is -2.34. The van der Waals surface area contributed by atoms with Gasteiger partial charge in [-0.25, -0.2) is 4.79 Å². The smallest absolute Gasteiger partial charge is 0.340 e. The summed E-state index contributed by atoms with van der Waals surface area (Å²) in [6.45, 7) is 11.5. The third-order valence-corrected chi connectivity index (χ3v) is 6.58. The lowest BCUT2D eigenvalue weighted by atomic mass is 9.62. The van der Waals surface area contributed by atoms with Crippen molar-refractivity contribution < 1.29 is 9.53 Å². The average Bonchev–Trinajstić information content (AvgIpc) is 3.40. The summed E-state index contributed by atoms with van der Waals surface area (Å²) in [5.41, 5.74) is 5.68. The van der Waals surface area contributed by atoms with Crippen LogP contribution in [0.3, 0.4) is 0 Å². The highest BCUT2D eigenvalue weighted by atomic mass is 16.6. The van der Waals surface area contributed by atoms with E-state index in [1.807, 2.05) is 0 Å². The van der Waals surface area contributed by atoms with Gasteiger partial charge in [-0.1, -0.05) is 39.8 Å². The Labute approximate surface area is 162 Å². The third-order valence-electron chi connectivity index (χ3n) is 6.58. The molecule has 0 spiro atoms. The number of rotatable bonds is 3. The maximum absolute atomic E-state index is 12.6. The summed E-state index contributed by atoms with van der Waals surface area (Å²) < 4.78 is 6.03. The fourth-order valence-electron chi connectivity index (χ4n) is 4.47. The predicted molar refractivity (Wildman–Crippen MR) is 107 cm³/mol. The van der Waals surface area contributed by atoms with Crippen LogP contribution >= 0.6 is 0 Å². The van der Waals surface area contributed by atoms with Crippen LogP contribution in [0.15, 0.2) is 36.7 Å². The minimum atomic E-state index is -0.469. The normalized spacial score (nSPS) is 21.2. The van der Waals surface area contributed by atoms with Crippen molar-refractivity contribution in [2.75, 3.05) is 0 Å². The largest absolute Gasteiger partial charge is 0.451 e. The van der Waals surface area contributed by atoms with Crippen molar-refractivity contribution in [1.29, 1.82) is 0 Å². The first-order chi connectivity index (χ1) is 12.6. The SMILES string of the molecule is Cc1cc2c(cc1C1(OC(=O)c3cccnc3)CC1)C(C)(C)CCC2(C)C. The van der Waals surface area contributed by atoms with E-state index in [1.54, 1.807) is 24.5 Å². The van der Waals surface area contributed by atoms with Gasteiger partial charge in [-0.2, -0.15) is 0 Å². The van der Waals surface area contributed by atoms with Crippen molar-refractivity contribution in [3.63, 3.8) is 0 Å². The molecular weight excluding hydrogens is 334 g/mol. The first-order valence-corrected chi connectivity index (χ1v) is 9.94. The van der Waals surface area contributed by atoms with Gasteiger partial charge in [0, 0.05) is 12.4 Å².